The van der Waals surface area contributed by atoms with Crippen molar-refractivity contribution in [3.05, 3.63) is 50.4 Å². The fourth-order valence-corrected chi connectivity index (χ4v) is 3.53. The Kier molecular flexibility index (Phi) is 2.84. The highest BCUT2D eigenvalue weighted by Gasteiger charge is 2.27. The van der Waals surface area contributed by atoms with E-state index < -0.39 is 5.91 Å². The Morgan fingerprint density at radius 2 is 2.33 bits per heavy atom. The third-order valence-electron chi connectivity index (χ3n) is 3.26. The first-order chi connectivity index (χ1) is 8.65. The molecule has 0 fully saturated rings. The highest BCUT2D eigenvalue weighted by atomic mass is 35.5. The van der Waals surface area contributed by atoms with Crippen molar-refractivity contribution in [3.63, 3.8) is 0 Å². The first kappa shape index (κ1) is 11.7. The zero-order valence-electron chi connectivity index (χ0n) is 9.52. The first-order valence-electron chi connectivity index (χ1n) is 5.68. The molecule has 2 N–H and O–H groups in total. The lowest BCUT2D eigenvalue weighted by Crippen LogP contribution is -2.11. The number of rotatable bonds is 2. The fourth-order valence-electron chi connectivity index (χ4n) is 2.39. The molecule has 1 heterocycles. The molecule has 5 heteroatoms. The molecule has 0 aliphatic heterocycles. The van der Waals surface area contributed by atoms with E-state index in [1.807, 2.05) is 12.1 Å². The molecule has 0 radical (unpaired) electrons. The van der Waals surface area contributed by atoms with Crippen molar-refractivity contribution in [2.45, 2.75) is 18.8 Å². The molecular formula is C13H11ClN2OS. The van der Waals surface area contributed by atoms with E-state index in [2.05, 4.69) is 11.1 Å². The van der Waals surface area contributed by atoms with Gasteiger partial charge in [0.1, 0.15) is 10.7 Å². The number of hydrogen-bond acceptors (Lipinski definition) is 3. The maximum Gasteiger partial charge on any atom is 0.268 e. The number of nitrogens with two attached hydrogens (primary N) is 1. The Morgan fingerprint density at radius 1 is 1.50 bits per heavy atom. The Morgan fingerprint density at radius 3 is 3.06 bits per heavy atom. The smallest absolute Gasteiger partial charge is 0.268 e. The van der Waals surface area contributed by atoms with Gasteiger partial charge in [-0.15, -0.1) is 11.3 Å². The van der Waals surface area contributed by atoms with E-state index in [1.54, 1.807) is 5.38 Å². The number of nitrogens with zero attached hydrogens (tertiary/aromatic N) is 1. The summed E-state index contributed by atoms with van der Waals surface area (Å²) in [4.78, 5) is 15.4. The van der Waals surface area contributed by atoms with Gasteiger partial charge >= 0.3 is 0 Å². The lowest BCUT2D eigenvalue weighted by Gasteiger charge is -2.08. The molecule has 0 saturated carbocycles. The van der Waals surface area contributed by atoms with Gasteiger partial charge in [0, 0.05) is 16.3 Å². The number of halogens is 1. The monoisotopic (exact) mass is 278 g/mol. The number of amides is 1. The molecule has 1 aliphatic carbocycles. The van der Waals surface area contributed by atoms with Gasteiger partial charge in [-0.1, -0.05) is 17.7 Å². The highest BCUT2D eigenvalue weighted by molar-refractivity contribution is 7.10. The number of aryl methyl sites for hydroxylation is 1. The van der Waals surface area contributed by atoms with Crippen LogP contribution in [0.3, 0.4) is 0 Å². The van der Waals surface area contributed by atoms with E-state index in [0.29, 0.717) is 5.69 Å². The zero-order valence-corrected chi connectivity index (χ0v) is 11.1. The number of thiazole rings is 1. The summed E-state index contributed by atoms with van der Waals surface area (Å²) in [5, 5.41) is 3.41. The summed E-state index contributed by atoms with van der Waals surface area (Å²) in [6.07, 6.45) is 2.05. The van der Waals surface area contributed by atoms with Gasteiger partial charge in [-0.25, -0.2) is 4.98 Å². The van der Waals surface area contributed by atoms with Gasteiger partial charge in [-0.05, 0) is 36.1 Å². The Balaban J connectivity index is 2.00. The molecule has 3 nitrogen and oxygen atoms in total. The molecule has 1 amide bonds. The molecular weight excluding hydrogens is 268 g/mol. The molecule has 1 atom stereocenters. The van der Waals surface area contributed by atoms with Gasteiger partial charge in [0.25, 0.3) is 5.91 Å². The van der Waals surface area contributed by atoms with Gasteiger partial charge in [0.05, 0.1) is 0 Å². The molecule has 3 rings (SSSR count). The van der Waals surface area contributed by atoms with E-state index in [-0.39, 0.29) is 5.92 Å². The Bertz CT molecular complexity index is 623. The second-order valence-corrected chi connectivity index (χ2v) is 5.70. The van der Waals surface area contributed by atoms with Crippen LogP contribution < -0.4 is 5.73 Å². The fraction of sp³-hybridized carbons (Fsp3) is 0.231. The van der Waals surface area contributed by atoms with E-state index in [9.17, 15) is 4.79 Å². The summed E-state index contributed by atoms with van der Waals surface area (Å²) in [5.41, 5.74) is 8.13. The summed E-state index contributed by atoms with van der Waals surface area (Å²) in [6, 6.07) is 5.99. The van der Waals surface area contributed by atoms with Crippen LogP contribution in [-0.2, 0) is 6.42 Å². The molecule has 1 aliphatic rings. The molecule has 0 bridgehead atoms. The van der Waals surface area contributed by atoms with Crippen LogP contribution in [-0.4, -0.2) is 10.9 Å². The minimum absolute atomic E-state index is 0.247. The van der Waals surface area contributed by atoms with Crippen LogP contribution in [0.5, 0.6) is 0 Å². The molecule has 0 spiro atoms. The lowest BCUT2D eigenvalue weighted by atomic mass is 10.0. The number of carbonyl (C=O) groups is 1. The zero-order chi connectivity index (χ0) is 12.7. The van der Waals surface area contributed by atoms with Crippen molar-refractivity contribution in [1.82, 2.24) is 4.98 Å². The van der Waals surface area contributed by atoms with Crippen LogP contribution in [0.4, 0.5) is 0 Å². The number of benzene rings is 1. The summed E-state index contributed by atoms with van der Waals surface area (Å²) in [7, 11) is 0. The Hall–Kier alpha value is -1.39. The van der Waals surface area contributed by atoms with E-state index in [1.165, 1.54) is 22.5 Å². The lowest BCUT2D eigenvalue weighted by molar-refractivity contribution is 0.0996. The van der Waals surface area contributed by atoms with Crippen LogP contribution in [0.1, 0.15) is 39.0 Å². The minimum atomic E-state index is -0.471. The van der Waals surface area contributed by atoms with Gasteiger partial charge in [0.2, 0.25) is 0 Å². The average Bonchev–Trinajstić information content (AvgIpc) is 2.93. The summed E-state index contributed by atoms with van der Waals surface area (Å²) < 4.78 is 0. The largest absolute Gasteiger partial charge is 0.364 e. The molecule has 92 valence electrons. The van der Waals surface area contributed by atoms with Crippen molar-refractivity contribution < 1.29 is 4.79 Å². The van der Waals surface area contributed by atoms with Crippen molar-refractivity contribution in [2.24, 2.45) is 5.73 Å². The number of carbonyl (C=O) groups excluding carboxylic acids is 1. The molecule has 18 heavy (non-hydrogen) atoms. The number of hydrogen-bond donors (Lipinski definition) is 1. The van der Waals surface area contributed by atoms with Crippen LogP contribution >= 0.6 is 22.9 Å². The maximum absolute atomic E-state index is 11.1. The second kappa shape index (κ2) is 4.37. The van der Waals surface area contributed by atoms with Crippen molar-refractivity contribution in [2.75, 3.05) is 0 Å². The predicted octanol–water partition coefficient (Wildman–Crippen LogP) is 2.97. The second-order valence-electron chi connectivity index (χ2n) is 4.37. The summed E-state index contributed by atoms with van der Waals surface area (Å²) >= 11 is 7.53. The van der Waals surface area contributed by atoms with Crippen molar-refractivity contribution in [1.29, 1.82) is 0 Å². The normalized spacial score (nSPS) is 17.7. The van der Waals surface area contributed by atoms with Crippen molar-refractivity contribution in [3.8, 4) is 0 Å². The topological polar surface area (TPSA) is 56.0 Å². The van der Waals surface area contributed by atoms with E-state index in [4.69, 9.17) is 17.3 Å². The first-order valence-corrected chi connectivity index (χ1v) is 6.94. The highest BCUT2D eigenvalue weighted by Crippen LogP contribution is 2.40. The van der Waals surface area contributed by atoms with Crippen molar-refractivity contribution >= 4 is 28.8 Å². The molecule has 1 aromatic carbocycles. The number of aromatic nitrogens is 1. The van der Waals surface area contributed by atoms with Gasteiger partial charge in [0.15, 0.2) is 0 Å². The summed E-state index contributed by atoms with van der Waals surface area (Å²) in [5.74, 6) is -0.224. The van der Waals surface area contributed by atoms with E-state index >= 15 is 0 Å². The van der Waals surface area contributed by atoms with Gasteiger partial charge in [-0.2, -0.15) is 0 Å². The third kappa shape index (κ3) is 1.91. The molecule has 1 aromatic heterocycles. The van der Waals surface area contributed by atoms with Crippen LogP contribution in [0, 0.1) is 0 Å². The summed E-state index contributed by atoms with van der Waals surface area (Å²) in [6.45, 7) is 0. The Labute approximate surface area is 114 Å². The quantitative estimate of drug-likeness (QED) is 0.918. The predicted molar refractivity (Wildman–Crippen MR) is 72.2 cm³/mol. The van der Waals surface area contributed by atoms with Gasteiger partial charge < -0.3 is 5.73 Å². The number of fused-ring (bicyclic) bond motifs is 1. The number of primary amides is 1. The molecule has 0 saturated heterocycles. The molecule has 2 aromatic rings. The van der Waals surface area contributed by atoms with Crippen LogP contribution in [0.2, 0.25) is 5.02 Å². The third-order valence-corrected chi connectivity index (χ3v) is 4.45. The maximum atomic E-state index is 11.1. The minimum Gasteiger partial charge on any atom is -0.364 e. The average molecular weight is 279 g/mol. The van der Waals surface area contributed by atoms with Crippen LogP contribution in [0.25, 0.3) is 0 Å². The standard InChI is InChI=1S/C13H11ClN2OS/c14-8-3-1-7-2-4-9(10(7)5-8)13-16-11(6-18-13)12(15)17/h1,3,5-6,9H,2,4H2,(H2,15,17)/t9-/m1/s1. The van der Waals surface area contributed by atoms with Gasteiger partial charge in [-0.3, -0.25) is 4.79 Å². The van der Waals surface area contributed by atoms with Crippen LogP contribution in [0.15, 0.2) is 23.6 Å². The SMILES string of the molecule is NC(=O)c1csc([C@@H]2CCc3ccc(Cl)cc32)n1. The molecule has 0 unspecified atom stereocenters. The van der Waals surface area contributed by atoms with E-state index in [0.717, 1.165) is 22.9 Å².